The van der Waals surface area contributed by atoms with Gasteiger partial charge in [-0.15, -0.1) is 0 Å². The molecule has 1 saturated heterocycles. The van der Waals surface area contributed by atoms with Crippen LogP contribution >= 0.6 is 0 Å². The van der Waals surface area contributed by atoms with Gasteiger partial charge in [-0.05, 0) is 44.2 Å². The summed E-state index contributed by atoms with van der Waals surface area (Å²) in [5.74, 6) is 0. The number of para-hydroxylation sites is 1. The van der Waals surface area contributed by atoms with Crippen LogP contribution in [0.4, 0.5) is 5.69 Å². The van der Waals surface area contributed by atoms with Crippen LogP contribution in [-0.2, 0) is 0 Å². The molecule has 2 rings (SSSR count). The molecule has 1 aromatic carbocycles. The van der Waals surface area contributed by atoms with Gasteiger partial charge in [-0.3, -0.25) is 0 Å². The summed E-state index contributed by atoms with van der Waals surface area (Å²) in [5.41, 5.74) is 1.82. The minimum Gasteiger partial charge on any atom is -0.368 e. The van der Waals surface area contributed by atoms with Gasteiger partial charge in [0.1, 0.15) is 0 Å². The molecule has 0 atom stereocenters. The molecule has 0 amide bonds. The van der Waals surface area contributed by atoms with Crippen molar-refractivity contribution in [3.05, 3.63) is 30.3 Å². The Hall–Kier alpha value is -0.923. The summed E-state index contributed by atoms with van der Waals surface area (Å²) in [4.78, 5) is 32.0. The van der Waals surface area contributed by atoms with Gasteiger partial charge in [0, 0.05) is 17.8 Å². The molecule has 120 valence electrons. The Labute approximate surface area is 128 Å². The van der Waals surface area contributed by atoms with Crippen LogP contribution in [0.1, 0.15) is 46.0 Å². The van der Waals surface area contributed by atoms with Gasteiger partial charge in [-0.25, -0.2) is 0 Å². The number of piperidine rings is 1. The molecule has 1 heterocycles. The molecule has 5 nitrogen and oxygen atoms in total. The minimum absolute atomic E-state index is 0.416. The predicted molar refractivity (Wildman–Crippen MR) is 85.6 cm³/mol. The largest absolute Gasteiger partial charge is 0.668 e. The van der Waals surface area contributed by atoms with Crippen LogP contribution in [0.2, 0.25) is 0 Å². The van der Waals surface area contributed by atoms with Gasteiger partial charge >= 0.3 is 9.05 Å². The molecule has 0 aromatic heterocycles. The van der Waals surface area contributed by atoms with Crippen LogP contribution < -0.4 is 4.90 Å². The molecule has 4 N–H and O–H groups in total. The third-order valence-corrected chi connectivity index (χ3v) is 4.23. The first-order valence-electron chi connectivity index (χ1n) is 7.54. The van der Waals surface area contributed by atoms with Gasteiger partial charge in [0.15, 0.2) is 0 Å². The van der Waals surface area contributed by atoms with E-state index in [-0.39, 0.29) is 0 Å². The van der Waals surface area contributed by atoms with Gasteiger partial charge in [0.25, 0.3) is 0 Å². The van der Waals surface area contributed by atoms with Gasteiger partial charge in [0.05, 0.1) is 0 Å². The van der Waals surface area contributed by atoms with E-state index in [1.807, 2.05) is 0 Å². The molecule has 1 aromatic rings. The van der Waals surface area contributed by atoms with Crippen LogP contribution in [-0.4, -0.2) is 40.3 Å². The lowest BCUT2D eigenvalue weighted by atomic mass is 9.81. The number of benzene rings is 1. The first-order chi connectivity index (χ1) is 9.82. The Morgan fingerprint density at radius 1 is 1.00 bits per heavy atom. The Bertz CT molecular complexity index is 398. The first kappa shape index (κ1) is 18.1. The maximum Gasteiger partial charge on any atom is 0.668 e. The SMILES string of the molecule is CCC1(CC)CCCCN1c1ccccc1.O[Si](O)(O)O. The zero-order valence-electron chi connectivity index (χ0n) is 12.9. The summed E-state index contributed by atoms with van der Waals surface area (Å²) >= 11 is 0. The van der Waals surface area contributed by atoms with Crippen molar-refractivity contribution >= 4 is 14.7 Å². The maximum atomic E-state index is 7.33. The van der Waals surface area contributed by atoms with Crippen molar-refractivity contribution in [2.45, 2.75) is 51.5 Å². The lowest BCUT2D eigenvalue weighted by molar-refractivity contribution is 0.117. The molecule has 6 heteroatoms. The number of nitrogens with zero attached hydrogens (tertiary/aromatic N) is 1. The molecule has 0 unspecified atom stereocenters. The van der Waals surface area contributed by atoms with Crippen molar-refractivity contribution in [2.75, 3.05) is 11.4 Å². The van der Waals surface area contributed by atoms with E-state index in [0.29, 0.717) is 5.54 Å². The van der Waals surface area contributed by atoms with E-state index in [1.165, 1.54) is 44.3 Å². The normalized spacial score (nSPS) is 17.9. The van der Waals surface area contributed by atoms with Crippen LogP contribution in [0.15, 0.2) is 30.3 Å². The van der Waals surface area contributed by atoms with E-state index in [9.17, 15) is 0 Å². The number of anilines is 1. The fourth-order valence-corrected chi connectivity index (χ4v) is 3.09. The Balaban J connectivity index is 0.000000383. The van der Waals surface area contributed by atoms with Crippen molar-refractivity contribution in [1.82, 2.24) is 0 Å². The maximum absolute atomic E-state index is 7.33. The van der Waals surface area contributed by atoms with E-state index in [0.717, 1.165) is 0 Å². The highest BCUT2D eigenvalue weighted by Gasteiger charge is 2.35. The molecule has 1 fully saturated rings. The first-order valence-corrected chi connectivity index (χ1v) is 9.33. The number of rotatable bonds is 3. The van der Waals surface area contributed by atoms with Gasteiger partial charge < -0.3 is 24.1 Å². The monoisotopic (exact) mass is 313 g/mol. The van der Waals surface area contributed by atoms with E-state index >= 15 is 0 Å². The Kier molecular flexibility index (Phi) is 6.83. The van der Waals surface area contributed by atoms with E-state index in [2.05, 4.69) is 49.1 Å². The minimum atomic E-state index is -4.61. The van der Waals surface area contributed by atoms with E-state index < -0.39 is 9.05 Å². The lowest BCUT2D eigenvalue weighted by Gasteiger charge is -2.48. The topological polar surface area (TPSA) is 84.2 Å². The van der Waals surface area contributed by atoms with Crippen molar-refractivity contribution in [2.24, 2.45) is 0 Å². The summed E-state index contributed by atoms with van der Waals surface area (Å²) in [6.45, 7) is 5.90. The molecule has 1 aliphatic rings. The third-order valence-electron chi connectivity index (χ3n) is 4.23. The van der Waals surface area contributed by atoms with E-state index in [4.69, 9.17) is 19.2 Å². The highest BCUT2D eigenvalue weighted by Crippen LogP contribution is 2.37. The van der Waals surface area contributed by atoms with Gasteiger partial charge in [-0.2, -0.15) is 0 Å². The summed E-state index contributed by atoms with van der Waals surface area (Å²) in [6.07, 6.45) is 6.62. The molecule has 0 radical (unpaired) electrons. The van der Waals surface area contributed by atoms with Crippen molar-refractivity contribution < 1.29 is 19.2 Å². The summed E-state index contributed by atoms with van der Waals surface area (Å²) in [7, 11) is -4.61. The highest BCUT2D eigenvalue weighted by atomic mass is 28.4. The molecule has 21 heavy (non-hydrogen) atoms. The lowest BCUT2D eigenvalue weighted by Crippen LogP contribution is -2.51. The number of hydrogen-bond donors (Lipinski definition) is 4. The van der Waals surface area contributed by atoms with Crippen molar-refractivity contribution in [3.63, 3.8) is 0 Å². The summed E-state index contributed by atoms with van der Waals surface area (Å²) in [6, 6.07) is 10.9. The molecule has 0 saturated carbocycles. The second kappa shape index (κ2) is 7.91. The van der Waals surface area contributed by atoms with Gasteiger partial charge in [0.2, 0.25) is 0 Å². The van der Waals surface area contributed by atoms with Crippen LogP contribution in [0.5, 0.6) is 0 Å². The predicted octanol–water partition coefficient (Wildman–Crippen LogP) is 1.63. The molecule has 0 spiro atoms. The average molecular weight is 313 g/mol. The quantitative estimate of drug-likeness (QED) is 0.638. The molecular weight excluding hydrogens is 286 g/mol. The van der Waals surface area contributed by atoms with Crippen molar-refractivity contribution in [1.29, 1.82) is 0 Å². The smallest absolute Gasteiger partial charge is 0.368 e. The zero-order valence-corrected chi connectivity index (χ0v) is 13.9. The standard InChI is InChI=1S/C15H23N.H4O4Si/c1-3-15(4-2)12-8-9-13-16(15)14-10-6-5-7-11-14;1-5(2,3)4/h5-7,10-11H,3-4,8-9,12-13H2,1-2H3;1-4H. The fourth-order valence-electron chi connectivity index (χ4n) is 3.09. The third kappa shape index (κ3) is 5.76. The van der Waals surface area contributed by atoms with Crippen LogP contribution in [0.3, 0.4) is 0 Å². The number of hydrogen-bond acceptors (Lipinski definition) is 5. The highest BCUT2D eigenvalue weighted by molar-refractivity contribution is 6.46. The summed E-state index contributed by atoms with van der Waals surface area (Å²) < 4.78 is 0. The van der Waals surface area contributed by atoms with Crippen LogP contribution in [0, 0.1) is 0 Å². The van der Waals surface area contributed by atoms with Crippen molar-refractivity contribution in [3.8, 4) is 0 Å². The van der Waals surface area contributed by atoms with Gasteiger partial charge in [-0.1, -0.05) is 32.0 Å². The second-order valence-corrected chi connectivity index (χ2v) is 6.68. The van der Waals surface area contributed by atoms with Crippen LogP contribution in [0.25, 0.3) is 0 Å². The molecule has 1 aliphatic heterocycles. The molecule has 0 bridgehead atoms. The molecular formula is C15H27NO4Si. The second-order valence-electron chi connectivity index (χ2n) is 5.48. The molecule has 0 aliphatic carbocycles. The zero-order chi connectivity index (χ0) is 15.9. The fraction of sp³-hybridized carbons (Fsp3) is 0.600. The Morgan fingerprint density at radius 2 is 1.52 bits per heavy atom. The average Bonchev–Trinajstić information content (AvgIpc) is 2.46. The summed E-state index contributed by atoms with van der Waals surface area (Å²) in [5, 5.41) is 0. The Morgan fingerprint density at radius 3 is 2.00 bits per heavy atom. The van der Waals surface area contributed by atoms with E-state index in [1.54, 1.807) is 0 Å².